The zero-order valence-electron chi connectivity index (χ0n) is 11.1. The molecule has 0 spiro atoms. The van der Waals surface area contributed by atoms with E-state index in [2.05, 4.69) is 17.3 Å². The molecule has 1 heterocycles. The lowest BCUT2D eigenvalue weighted by atomic mass is 10.1. The number of hydrogen-bond acceptors (Lipinski definition) is 4. The van der Waals surface area contributed by atoms with Crippen LogP contribution in [-0.2, 0) is 4.79 Å². The fraction of sp³-hybridized carbons (Fsp3) is 0.917. The molecule has 1 amide bonds. The fourth-order valence-corrected chi connectivity index (χ4v) is 1.90. The van der Waals surface area contributed by atoms with Crippen LogP contribution in [0, 0.1) is 5.92 Å². The van der Waals surface area contributed by atoms with E-state index < -0.39 is 0 Å². The molecule has 0 bridgehead atoms. The summed E-state index contributed by atoms with van der Waals surface area (Å²) in [5, 5.41) is 12.3. The van der Waals surface area contributed by atoms with Gasteiger partial charge >= 0.3 is 0 Å². The van der Waals surface area contributed by atoms with Crippen LogP contribution in [0.4, 0.5) is 0 Å². The predicted octanol–water partition coefficient (Wildman–Crippen LogP) is -0.633. The Balaban J connectivity index is 2.29. The van der Waals surface area contributed by atoms with E-state index in [1.54, 1.807) is 0 Å². The molecule has 5 nitrogen and oxygen atoms in total. The monoisotopic (exact) mass is 243 g/mol. The number of carbonyl (C=O) groups excluding carboxylic acids is 1. The van der Waals surface area contributed by atoms with E-state index in [1.165, 1.54) is 0 Å². The number of hydrogen-bond donors (Lipinski definition) is 2. The molecule has 0 radical (unpaired) electrons. The molecule has 1 atom stereocenters. The van der Waals surface area contributed by atoms with Crippen molar-refractivity contribution in [2.45, 2.75) is 19.9 Å². The van der Waals surface area contributed by atoms with Gasteiger partial charge in [-0.3, -0.25) is 4.79 Å². The highest BCUT2D eigenvalue weighted by Gasteiger charge is 2.20. The van der Waals surface area contributed by atoms with Crippen molar-refractivity contribution < 1.29 is 9.90 Å². The highest BCUT2D eigenvalue weighted by molar-refractivity contribution is 5.78. The summed E-state index contributed by atoms with van der Waals surface area (Å²) < 4.78 is 0. The van der Waals surface area contributed by atoms with E-state index in [-0.39, 0.29) is 18.6 Å². The number of aliphatic hydroxyl groups is 1. The molecular weight excluding hydrogens is 218 g/mol. The molecule has 0 saturated carbocycles. The first-order valence-corrected chi connectivity index (χ1v) is 6.35. The number of likely N-dealkylation sites (N-methyl/N-ethyl adjacent to an activating group) is 1. The summed E-state index contributed by atoms with van der Waals surface area (Å²) in [7, 11) is 2.07. The zero-order valence-corrected chi connectivity index (χ0v) is 11.1. The second-order valence-corrected chi connectivity index (χ2v) is 5.10. The smallest absolute Gasteiger partial charge is 0.236 e. The SMILES string of the molecule is CC(C)[C@@H](CO)NCC(=O)N1CCN(C)CC1. The second-order valence-electron chi connectivity index (χ2n) is 5.10. The minimum absolute atomic E-state index is 0.00594. The average molecular weight is 243 g/mol. The first kappa shape index (κ1) is 14.4. The molecule has 0 unspecified atom stereocenters. The summed E-state index contributed by atoms with van der Waals surface area (Å²) in [4.78, 5) is 16.0. The third-order valence-electron chi connectivity index (χ3n) is 3.37. The number of rotatable bonds is 5. The van der Waals surface area contributed by atoms with Crippen molar-refractivity contribution in [1.82, 2.24) is 15.1 Å². The Bertz CT molecular complexity index is 238. The maximum atomic E-state index is 11.9. The molecule has 17 heavy (non-hydrogen) atoms. The van der Waals surface area contributed by atoms with Gasteiger partial charge in [0.2, 0.25) is 5.91 Å². The van der Waals surface area contributed by atoms with Gasteiger partial charge in [-0.1, -0.05) is 13.8 Å². The molecule has 1 aliphatic heterocycles. The third-order valence-corrected chi connectivity index (χ3v) is 3.37. The molecular formula is C12H25N3O2. The number of nitrogens with one attached hydrogen (secondary N) is 1. The molecule has 5 heteroatoms. The summed E-state index contributed by atoms with van der Waals surface area (Å²) in [6.07, 6.45) is 0. The van der Waals surface area contributed by atoms with Gasteiger partial charge in [0, 0.05) is 32.2 Å². The largest absolute Gasteiger partial charge is 0.395 e. The Morgan fingerprint density at radius 3 is 2.35 bits per heavy atom. The van der Waals surface area contributed by atoms with Crippen molar-refractivity contribution in [3.8, 4) is 0 Å². The highest BCUT2D eigenvalue weighted by Crippen LogP contribution is 2.02. The van der Waals surface area contributed by atoms with Crippen LogP contribution < -0.4 is 5.32 Å². The minimum atomic E-state index is 0.00594. The van der Waals surface area contributed by atoms with Crippen molar-refractivity contribution in [2.75, 3.05) is 46.4 Å². The van der Waals surface area contributed by atoms with Crippen LogP contribution >= 0.6 is 0 Å². The number of amides is 1. The van der Waals surface area contributed by atoms with Crippen molar-refractivity contribution in [3.63, 3.8) is 0 Å². The molecule has 100 valence electrons. The van der Waals surface area contributed by atoms with E-state index in [4.69, 9.17) is 5.11 Å². The molecule has 1 fully saturated rings. The van der Waals surface area contributed by atoms with Crippen molar-refractivity contribution in [2.24, 2.45) is 5.92 Å². The standard InChI is InChI=1S/C12H25N3O2/c1-10(2)11(9-16)13-8-12(17)15-6-4-14(3)5-7-15/h10-11,13,16H,4-9H2,1-3H3/t11-/m1/s1. The first-order chi connectivity index (χ1) is 8.04. The minimum Gasteiger partial charge on any atom is -0.395 e. The van der Waals surface area contributed by atoms with E-state index in [1.807, 2.05) is 18.7 Å². The number of nitrogens with zero attached hydrogens (tertiary/aromatic N) is 2. The van der Waals surface area contributed by atoms with Crippen molar-refractivity contribution in [1.29, 1.82) is 0 Å². The van der Waals surface area contributed by atoms with Crippen LogP contribution in [0.15, 0.2) is 0 Å². The average Bonchev–Trinajstić information content (AvgIpc) is 2.30. The van der Waals surface area contributed by atoms with Crippen LogP contribution in [0.25, 0.3) is 0 Å². The maximum absolute atomic E-state index is 11.9. The summed E-state index contributed by atoms with van der Waals surface area (Å²) in [5.74, 6) is 0.470. The molecule has 1 saturated heterocycles. The molecule has 0 aromatic rings. The van der Waals surface area contributed by atoms with Gasteiger partial charge in [0.05, 0.1) is 13.2 Å². The first-order valence-electron chi connectivity index (χ1n) is 6.35. The predicted molar refractivity (Wildman–Crippen MR) is 67.8 cm³/mol. The summed E-state index contributed by atoms with van der Waals surface area (Å²) in [6.45, 7) is 7.98. The maximum Gasteiger partial charge on any atom is 0.236 e. The topological polar surface area (TPSA) is 55.8 Å². The van der Waals surface area contributed by atoms with E-state index in [0.29, 0.717) is 12.5 Å². The number of carbonyl (C=O) groups is 1. The van der Waals surface area contributed by atoms with Crippen LogP contribution in [0.5, 0.6) is 0 Å². The second kappa shape index (κ2) is 6.93. The van der Waals surface area contributed by atoms with Crippen LogP contribution in [0.3, 0.4) is 0 Å². The Kier molecular flexibility index (Phi) is 5.88. The quantitative estimate of drug-likeness (QED) is 0.675. The molecule has 1 rings (SSSR count). The van der Waals surface area contributed by atoms with E-state index >= 15 is 0 Å². The molecule has 0 aliphatic carbocycles. The fourth-order valence-electron chi connectivity index (χ4n) is 1.90. The molecule has 0 aromatic heterocycles. The van der Waals surface area contributed by atoms with Gasteiger partial charge in [-0.2, -0.15) is 0 Å². The van der Waals surface area contributed by atoms with Gasteiger partial charge in [0.1, 0.15) is 0 Å². The van der Waals surface area contributed by atoms with Crippen LogP contribution in [0.2, 0.25) is 0 Å². The van der Waals surface area contributed by atoms with Crippen LogP contribution in [-0.4, -0.2) is 73.2 Å². The summed E-state index contributed by atoms with van der Waals surface area (Å²) >= 11 is 0. The molecule has 0 aromatic carbocycles. The van der Waals surface area contributed by atoms with E-state index in [0.717, 1.165) is 26.2 Å². The van der Waals surface area contributed by atoms with Crippen LogP contribution in [0.1, 0.15) is 13.8 Å². The van der Waals surface area contributed by atoms with E-state index in [9.17, 15) is 4.79 Å². The Labute approximate surface area is 104 Å². The lowest BCUT2D eigenvalue weighted by Gasteiger charge is -2.33. The van der Waals surface area contributed by atoms with Gasteiger partial charge in [-0.15, -0.1) is 0 Å². The normalized spacial score (nSPS) is 19.7. The van der Waals surface area contributed by atoms with Gasteiger partial charge in [-0.05, 0) is 13.0 Å². The lowest BCUT2D eigenvalue weighted by molar-refractivity contribution is -0.132. The van der Waals surface area contributed by atoms with Gasteiger partial charge in [0.15, 0.2) is 0 Å². The number of piperazine rings is 1. The van der Waals surface area contributed by atoms with Crippen molar-refractivity contribution >= 4 is 5.91 Å². The molecule has 2 N–H and O–H groups in total. The van der Waals surface area contributed by atoms with Crippen molar-refractivity contribution in [3.05, 3.63) is 0 Å². The lowest BCUT2D eigenvalue weighted by Crippen LogP contribution is -2.51. The number of aliphatic hydroxyl groups excluding tert-OH is 1. The highest BCUT2D eigenvalue weighted by atomic mass is 16.3. The van der Waals surface area contributed by atoms with Gasteiger partial charge < -0.3 is 20.2 Å². The summed E-state index contributed by atoms with van der Waals surface area (Å²) in [5.41, 5.74) is 0. The molecule has 1 aliphatic rings. The van der Waals surface area contributed by atoms with Gasteiger partial charge in [0.25, 0.3) is 0 Å². The zero-order chi connectivity index (χ0) is 12.8. The summed E-state index contributed by atoms with van der Waals surface area (Å²) in [6, 6.07) is 0.00594. The van der Waals surface area contributed by atoms with Gasteiger partial charge in [-0.25, -0.2) is 0 Å². The Hall–Kier alpha value is -0.650. The Morgan fingerprint density at radius 2 is 1.88 bits per heavy atom. The third kappa shape index (κ3) is 4.61. The Morgan fingerprint density at radius 1 is 1.29 bits per heavy atom.